The van der Waals surface area contributed by atoms with Crippen molar-refractivity contribution >= 4 is 5.91 Å². The van der Waals surface area contributed by atoms with Crippen LogP contribution in [-0.2, 0) is 14.3 Å². The number of allylic oxidation sites excluding steroid dienone is 7. The number of hydrogen-bond donors (Lipinski definition) is 6. The van der Waals surface area contributed by atoms with Crippen LogP contribution < -0.4 is 5.32 Å². The molecule has 0 bridgehead atoms. The molecule has 1 aliphatic heterocycles. The molecule has 1 amide bonds. The van der Waals surface area contributed by atoms with Crippen LogP contribution in [0, 0.1) is 0 Å². The average Bonchev–Trinajstić information content (AvgIpc) is 3.18. The van der Waals surface area contributed by atoms with Gasteiger partial charge in [0.2, 0.25) is 5.91 Å². The summed E-state index contributed by atoms with van der Waals surface area (Å²) in [5.74, 6) is -0.202. The Morgan fingerprint density at radius 1 is 0.600 bits per heavy atom. The molecule has 320 valence electrons. The summed E-state index contributed by atoms with van der Waals surface area (Å²) in [6, 6.07) is -0.831. The summed E-state index contributed by atoms with van der Waals surface area (Å²) in [5, 5.41) is 54.1. The van der Waals surface area contributed by atoms with Crippen molar-refractivity contribution in [1.82, 2.24) is 5.32 Å². The van der Waals surface area contributed by atoms with Crippen molar-refractivity contribution in [1.29, 1.82) is 0 Å². The van der Waals surface area contributed by atoms with Crippen LogP contribution in [0.3, 0.4) is 0 Å². The molecule has 55 heavy (non-hydrogen) atoms. The van der Waals surface area contributed by atoms with Gasteiger partial charge in [-0.05, 0) is 70.6 Å². The topological polar surface area (TPSA) is 149 Å². The third-order valence-electron chi connectivity index (χ3n) is 10.4. The molecule has 0 aromatic rings. The molecule has 0 aromatic heterocycles. The second-order valence-corrected chi connectivity index (χ2v) is 15.5. The molecule has 9 heteroatoms. The maximum atomic E-state index is 12.9. The fourth-order valence-electron chi connectivity index (χ4n) is 6.71. The molecule has 0 radical (unpaired) electrons. The van der Waals surface area contributed by atoms with Gasteiger partial charge in [-0.25, -0.2) is 0 Å². The van der Waals surface area contributed by atoms with E-state index >= 15 is 0 Å². The number of unbranched alkanes of at least 4 members (excludes halogenated alkanes) is 20. The van der Waals surface area contributed by atoms with Gasteiger partial charge >= 0.3 is 0 Å². The molecule has 0 spiro atoms. The van der Waals surface area contributed by atoms with Crippen molar-refractivity contribution in [3.8, 4) is 0 Å². The molecular formula is C46H83NO8. The summed E-state index contributed by atoms with van der Waals surface area (Å²) in [6.07, 6.45) is 38.6. The lowest BCUT2D eigenvalue weighted by atomic mass is 9.99. The van der Waals surface area contributed by atoms with Crippen molar-refractivity contribution < 1.29 is 39.8 Å². The van der Waals surface area contributed by atoms with Crippen molar-refractivity contribution in [2.75, 3.05) is 13.2 Å². The zero-order valence-electron chi connectivity index (χ0n) is 34.9. The fourth-order valence-corrected chi connectivity index (χ4v) is 6.71. The van der Waals surface area contributed by atoms with Crippen LogP contribution in [0.25, 0.3) is 0 Å². The Balaban J connectivity index is 2.43. The highest BCUT2D eigenvalue weighted by Crippen LogP contribution is 2.22. The normalized spacial score (nSPS) is 21.8. The molecule has 0 saturated carbocycles. The monoisotopic (exact) mass is 778 g/mol. The van der Waals surface area contributed by atoms with Gasteiger partial charge in [0.05, 0.1) is 25.4 Å². The van der Waals surface area contributed by atoms with E-state index in [-0.39, 0.29) is 12.5 Å². The lowest BCUT2D eigenvalue weighted by Crippen LogP contribution is -2.60. The predicted molar refractivity (Wildman–Crippen MR) is 226 cm³/mol. The van der Waals surface area contributed by atoms with E-state index in [9.17, 15) is 30.3 Å². The zero-order chi connectivity index (χ0) is 40.2. The van der Waals surface area contributed by atoms with E-state index in [1.54, 1.807) is 6.08 Å². The van der Waals surface area contributed by atoms with Gasteiger partial charge in [-0.3, -0.25) is 4.79 Å². The highest BCUT2D eigenvalue weighted by Gasteiger charge is 2.44. The third-order valence-corrected chi connectivity index (χ3v) is 10.4. The molecule has 1 saturated heterocycles. The summed E-state index contributed by atoms with van der Waals surface area (Å²) < 4.78 is 11.2. The number of ether oxygens (including phenoxy) is 2. The zero-order valence-corrected chi connectivity index (χ0v) is 34.9. The van der Waals surface area contributed by atoms with Crippen molar-refractivity contribution in [3.05, 3.63) is 48.6 Å². The van der Waals surface area contributed by atoms with Gasteiger partial charge in [0, 0.05) is 6.42 Å². The van der Waals surface area contributed by atoms with Gasteiger partial charge < -0.3 is 40.3 Å². The molecule has 7 unspecified atom stereocenters. The number of carbonyl (C=O) groups excluding carboxylic acids is 1. The number of hydrogen-bond acceptors (Lipinski definition) is 8. The second-order valence-electron chi connectivity index (χ2n) is 15.5. The van der Waals surface area contributed by atoms with Crippen LogP contribution in [0.15, 0.2) is 48.6 Å². The number of carbonyl (C=O) groups is 1. The quantitative estimate of drug-likeness (QED) is 0.0273. The molecule has 1 aliphatic rings. The summed E-state index contributed by atoms with van der Waals surface area (Å²) in [4.78, 5) is 12.9. The highest BCUT2D eigenvalue weighted by atomic mass is 16.7. The fraction of sp³-hybridized carbons (Fsp3) is 0.804. The second kappa shape index (κ2) is 36.5. The number of aliphatic hydroxyl groups excluding tert-OH is 5. The van der Waals surface area contributed by atoms with E-state index in [1.807, 2.05) is 6.08 Å². The van der Waals surface area contributed by atoms with Gasteiger partial charge in [0.1, 0.15) is 24.4 Å². The Bertz CT molecular complexity index is 998. The lowest BCUT2D eigenvalue weighted by molar-refractivity contribution is -0.302. The Hall–Kier alpha value is -1.85. The predicted octanol–water partition coefficient (Wildman–Crippen LogP) is 9.06. The largest absolute Gasteiger partial charge is 0.394 e. The summed E-state index contributed by atoms with van der Waals surface area (Å²) in [7, 11) is 0. The maximum Gasteiger partial charge on any atom is 0.220 e. The summed E-state index contributed by atoms with van der Waals surface area (Å²) >= 11 is 0. The van der Waals surface area contributed by atoms with E-state index in [4.69, 9.17) is 9.47 Å². The standard InChI is InChI=1S/C46H83NO8/c1-3-5-7-9-11-13-15-17-19-20-21-22-23-25-27-29-31-33-35-40(49)39(38-54-46-45(53)44(52)43(51)41(37-48)55-46)47-42(50)36-34-32-30-28-26-24-18-16-14-12-10-8-6-4-2/h16,18,20-21,25,27,33,35,39-41,43-46,48-49,51-53H,3-15,17,19,22-24,26,28-32,34,36-38H2,1-2H3,(H,47,50)/b18-16-,21-20+,27-25+,35-33+. The molecule has 9 nitrogen and oxygen atoms in total. The molecule has 7 atom stereocenters. The van der Waals surface area contributed by atoms with E-state index in [1.165, 1.54) is 96.3 Å². The van der Waals surface area contributed by atoms with E-state index in [0.29, 0.717) is 6.42 Å². The first-order valence-electron chi connectivity index (χ1n) is 22.4. The van der Waals surface area contributed by atoms with E-state index in [0.717, 1.165) is 64.2 Å². The highest BCUT2D eigenvalue weighted by molar-refractivity contribution is 5.76. The van der Waals surface area contributed by atoms with Crippen LogP contribution in [0.4, 0.5) is 0 Å². The molecular weight excluding hydrogens is 695 g/mol. The van der Waals surface area contributed by atoms with Gasteiger partial charge in [-0.1, -0.05) is 152 Å². The number of nitrogens with one attached hydrogen (secondary N) is 1. The van der Waals surface area contributed by atoms with Crippen molar-refractivity contribution in [2.45, 2.75) is 224 Å². The minimum absolute atomic E-state index is 0.202. The van der Waals surface area contributed by atoms with Crippen LogP contribution in [0.2, 0.25) is 0 Å². The van der Waals surface area contributed by atoms with Gasteiger partial charge in [-0.2, -0.15) is 0 Å². The van der Waals surface area contributed by atoms with Gasteiger partial charge in [-0.15, -0.1) is 0 Å². The van der Waals surface area contributed by atoms with Gasteiger partial charge in [0.25, 0.3) is 0 Å². The Morgan fingerprint density at radius 2 is 1.04 bits per heavy atom. The van der Waals surface area contributed by atoms with Gasteiger partial charge in [0.15, 0.2) is 6.29 Å². The van der Waals surface area contributed by atoms with Crippen molar-refractivity contribution in [3.63, 3.8) is 0 Å². The summed E-state index contributed by atoms with van der Waals surface area (Å²) in [6.45, 7) is 3.72. The smallest absolute Gasteiger partial charge is 0.220 e. The number of rotatable bonds is 36. The maximum absolute atomic E-state index is 12.9. The van der Waals surface area contributed by atoms with Crippen LogP contribution in [0.1, 0.15) is 181 Å². The SMILES string of the molecule is CCCCCCC/C=C\CCCCCCCC(=O)NC(COC1OC(CO)C(O)C(O)C1O)C(O)/C=C/CC/C=C/CC/C=C/CCCCCCCCCC. The van der Waals surface area contributed by atoms with E-state index < -0.39 is 49.5 Å². The van der Waals surface area contributed by atoms with Crippen molar-refractivity contribution in [2.24, 2.45) is 0 Å². The molecule has 0 aliphatic carbocycles. The lowest BCUT2D eigenvalue weighted by Gasteiger charge is -2.40. The molecule has 1 rings (SSSR count). The Labute approximate surface area is 335 Å². The molecule has 1 fully saturated rings. The first-order chi connectivity index (χ1) is 26.8. The Morgan fingerprint density at radius 3 is 1.53 bits per heavy atom. The Kier molecular flexibility index (Phi) is 33.9. The van der Waals surface area contributed by atoms with E-state index in [2.05, 4.69) is 55.6 Å². The number of aliphatic hydroxyl groups is 5. The van der Waals surface area contributed by atoms with Crippen LogP contribution >= 0.6 is 0 Å². The minimum Gasteiger partial charge on any atom is -0.394 e. The summed E-state index contributed by atoms with van der Waals surface area (Å²) in [5.41, 5.74) is 0. The molecule has 6 N–H and O–H groups in total. The molecule has 0 aromatic carbocycles. The average molecular weight is 778 g/mol. The molecule has 1 heterocycles. The van der Waals surface area contributed by atoms with Crippen LogP contribution in [-0.4, -0.2) is 87.5 Å². The first kappa shape index (κ1) is 51.2. The minimum atomic E-state index is -1.58. The van der Waals surface area contributed by atoms with Crippen LogP contribution in [0.5, 0.6) is 0 Å². The number of amides is 1. The third kappa shape index (κ3) is 27.4. The first-order valence-corrected chi connectivity index (χ1v) is 22.4.